The van der Waals surface area contributed by atoms with Gasteiger partial charge in [-0.25, -0.2) is 0 Å². The largest absolute Gasteiger partial charge is 2.00 e. The summed E-state index contributed by atoms with van der Waals surface area (Å²) in [5.74, 6) is 0. The molecule has 0 amide bonds. The molecule has 0 unspecified atom stereocenters. The number of aromatic nitrogens is 4. The second kappa shape index (κ2) is 15.8. The van der Waals surface area contributed by atoms with E-state index in [-0.39, 0.29) is 27.4 Å². The minimum Gasteiger partial charge on any atom is -0.741 e. The fourth-order valence-electron chi connectivity index (χ4n) is 2.68. The van der Waals surface area contributed by atoms with Gasteiger partial charge < -0.3 is 36.7 Å². The monoisotopic (exact) mass is 575 g/mol. The van der Waals surface area contributed by atoms with E-state index in [4.69, 9.17) is 11.5 Å². The van der Waals surface area contributed by atoms with E-state index < -0.39 is 0 Å². The Balaban J connectivity index is 0.000000253. The van der Waals surface area contributed by atoms with E-state index in [9.17, 15) is 0 Å². The molecule has 1 radical (unpaired) electrons. The first-order chi connectivity index (χ1) is 17.5. The molecule has 37 heavy (non-hydrogen) atoms. The van der Waals surface area contributed by atoms with Gasteiger partial charge in [-0.3, -0.25) is 19.9 Å². The first-order valence-corrected chi connectivity index (χ1v) is 11.2. The Bertz CT molecular complexity index is 1150. The van der Waals surface area contributed by atoms with Gasteiger partial charge in [0.2, 0.25) is 0 Å². The SMILES string of the molecule is N/C([S-])=N/N=C(c1ccccn1)c1ccccn1.N/C([S-])=N\N=C(c1ccccn1)c1ccccn1.[Cu+2]. The summed E-state index contributed by atoms with van der Waals surface area (Å²) in [6.45, 7) is 0. The van der Waals surface area contributed by atoms with Crippen LogP contribution in [0.25, 0.3) is 0 Å². The van der Waals surface area contributed by atoms with Crippen molar-refractivity contribution in [3.8, 4) is 0 Å². The molecule has 4 aromatic heterocycles. The number of hydrogen-bond acceptors (Lipinski definition) is 10. The summed E-state index contributed by atoms with van der Waals surface area (Å²) in [7, 11) is 0. The molecule has 4 heterocycles. The molecule has 0 fully saturated rings. The summed E-state index contributed by atoms with van der Waals surface area (Å²) in [5.41, 5.74) is 14.3. The van der Waals surface area contributed by atoms with Crippen LogP contribution in [0.3, 0.4) is 0 Å². The Kier molecular flexibility index (Phi) is 12.4. The van der Waals surface area contributed by atoms with E-state index in [0.717, 1.165) is 0 Å². The zero-order chi connectivity index (χ0) is 25.6. The summed E-state index contributed by atoms with van der Waals surface area (Å²) in [6, 6.07) is 22.0. The molecule has 10 nitrogen and oxygen atoms in total. The normalized spacial score (nSPS) is 10.7. The van der Waals surface area contributed by atoms with Crippen molar-refractivity contribution >= 4 is 47.0 Å². The number of nitrogens with two attached hydrogens (primary N) is 2. The zero-order valence-corrected chi connectivity index (χ0v) is 21.7. The van der Waals surface area contributed by atoms with E-state index in [0.29, 0.717) is 34.2 Å². The van der Waals surface area contributed by atoms with Crippen molar-refractivity contribution in [1.29, 1.82) is 0 Å². The molecule has 0 aliphatic rings. The van der Waals surface area contributed by atoms with Crippen molar-refractivity contribution in [1.82, 2.24) is 19.9 Å². The van der Waals surface area contributed by atoms with Crippen molar-refractivity contribution in [3.05, 3.63) is 120 Å². The summed E-state index contributed by atoms with van der Waals surface area (Å²) < 4.78 is 0. The molecule has 4 rings (SSSR count). The Morgan fingerprint density at radius 3 is 0.946 bits per heavy atom. The van der Waals surface area contributed by atoms with E-state index in [2.05, 4.69) is 65.6 Å². The topological polar surface area (TPSA) is 153 Å². The Morgan fingerprint density at radius 1 is 0.486 bits per heavy atom. The molecule has 0 atom stereocenters. The van der Waals surface area contributed by atoms with Crippen LogP contribution in [0.2, 0.25) is 0 Å². The quantitative estimate of drug-likeness (QED) is 0.117. The van der Waals surface area contributed by atoms with Gasteiger partial charge in [0.15, 0.2) is 0 Å². The molecule has 0 aliphatic heterocycles. The van der Waals surface area contributed by atoms with E-state index >= 15 is 0 Å². The second-order valence-corrected chi connectivity index (χ2v) is 7.47. The Labute approximate surface area is 235 Å². The smallest absolute Gasteiger partial charge is 0.741 e. The van der Waals surface area contributed by atoms with Crippen LogP contribution < -0.4 is 11.5 Å². The number of hydrogen-bond donors (Lipinski definition) is 2. The number of pyridine rings is 4. The van der Waals surface area contributed by atoms with Crippen LogP contribution in [-0.4, -0.2) is 41.7 Å². The first kappa shape index (κ1) is 29.1. The van der Waals surface area contributed by atoms with Crippen LogP contribution in [0.5, 0.6) is 0 Å². The molecular formula is C24H20CuN10S2. The number of nitrogens with zero attached hydrogens (tertiary/aromatic N) is 8. The summed E-state index contributed by atoms with van der Waals surface area (Å²) in [5, 5.41) is 15.4. The molecule has 0 aliphatic carbocycles. The maximum absolute atomic E-state index is 5.31. The van der Waals surface area contributed by atoms with E-state index in [1.165, 1.54) is 0 Å². The average molecular weight is 576 g/mol. The molecule has 189 valence electrons. The fourth-order valence-corrected chi connectivity index (χ4v) is 2.76. The summed E-state index contributed by atoms with van der Waals surface area (Å²) in [6.07, 6.45) is 6.70. The van der Waals surface area contributed by atoms with Gasteiger partial charge >= 0.3 is 17.1 Å². The van der Waals surface area contributed by atoms with Crippen LogP contribution in [0.15, 0.2) is 118 Å². The van der Waals surface area contributed by atoms with Gasteiger partial charge in [-0.1, -0.05) is 24.3 Å². The van der Waals surface area contributed by atoms with Crippen molar-refractivity contribution < 1.29 is 17.1 Å². The standard InChI is InChI=1S/2C12H11N5S.Cu/c2*13-12(18)17-16-11(9-5-1-3-7-14-9)10-6-2-4-8-15-10;/h2*1-8H,(H3,13,17,18);/q;;+2/p-2. The molecule has 4 N–H and O–H groups in total. The molecule has 0 saturated heterocycles. The van der Waals surface area contributed by atoms with Crippen LogP contribution >= 0.6 is 0 Å². The Hall–Kier alpha value is -4.16. The predicted molar refractivity (Wildman–Crippen MR) is 146 cm³/mol. The van der Waals surface area contributed by atoms with Gasteiger partial charge in [-0.2, -0.15) is 10.2 Å². The second-order valence-electron chi connectivity index (χ2n) is 6.63. The third-order valence-corrected chi connectivity index (χ3v) is 4.29. The van der Waals surface area contributed by atoms with Gasteiger partial charge in [0.25, 0.3) is 0 Å². The van der Waals surface area contributed by atoms with Crippen molar-refractivity contribution in [2.75, 3.05) is 0 Å². The number of rotatable bonds is 6. The molecular weight excluding hydrogens is 556 g/mol. The molecule has 0 saturated carbocycles. The minimum absolute atomic E-state index is 0. The van der Waals surface area contributed by atoms with Crippen LogP contribution in [-0.2, 0) is 42.3 Å². The molecule has 0 bridgehead atoms. The summed E-state index contributed by atoms with van der Waals surface area (Å²) >= 11 is 9.35. The molecule has 0 spiro atoms. The number of amidine groups is 2. The van der Waals surface area contributed by atoms with Gasteiger partial charge in [0, 0.05) is 24.8 Å². The Morgan fingerprint density at radius 2 is 0.757 bits per heavy atom. The van der Waals surface area contributed by atoms with Crippen molar-refractivity contribution in [2.24, 2.45) is 31.9 Å². The van der Waals surface area contributed by atoms with E-state index in [1.54, 1.807) is 24.8 Å². The van der Waals surface area contributed by atoms with Crippen LogP contribution in [0, 0.1) is 0 Å². The average Bonchev–Trinajstić information content (AvgIpc) is 2.91. The van der Waals surface area contributed by atoms with E-state index in [1.807, 2.05) is 72.8 Å². The van der Waals surface area contributed by atoms with Crippen LogP contribution in [0.4, 0.5) is 0 Å². The van der Waals surface area contributed by atoms with Gasteiger partial charge in [-0.05, 0) is 58.9 Å². The molecule has 13 heteroatoms. The van der Waals surface area contributed by atoms with Gasteiger partial charge in [0.1, 0.15) is 11.4 Å². The first-order valence-electron chi connectivity index (χ1n) is 10.4. The third kappa shape index (κ3) is 9.78. The van der Waals surface area contributed by atoms with Crippen molar-refractivity contribution in [2.45, 2.75) is 0 Å². The van der Waals surface area contributed by atoms with Gasteiger partial charge in [-0.15, -0.1) is 10.2 Å². The minimum atomic E-state index is -0.0284. The van der Waals surface area contributed by atoms with Gasteiger partial charge in [0.05, 0.1) is 22.8 Å². The van der Waals surface area contributed by atoms with Crippen LogP contribution in [0.1, 0.15) is 22.8 Å². The molecule has 0 aromatic carbocycles. The maximum Gasteiger partial charge on any atom is 2.00 e. The predicted octanol–water partition coefficient (Wildman–Crippen LogP) is 2.18. The molecule has 4 aromatic rings. The zero-order valence-electron chi connectivity index (χ0n) is 19.1. The van der Waals surface area contributed by atoms with Crippen molar-refractivity contribution in [3.63, 3.8) is 0 Å². The fraction of sp³-hybridized carbons (Fsp3) is 0. The summed E-state index contributed by atoms with van der Waals surface area (Å²) in [4.78, 5) is 16.9. The third-order valence-electron chi connectivity index (χ3n) is 4.13. The maximum atomic E-state index is 5.31.